The van der Waals surface area contributed by atoms with Crippen LogP contribution in [-0.2, 0) is 13.2 Å². The van der Waals surface area contributed by atoms with Gasteiger partial charge in [-0.3, -0.25) is 0 Å². The average Bonchev–Trinajstić information content (AvgIpc) is 2.60. The van der Waals surface area contributed by atoms with Gasteiger partial charge in [-0.25, -0.2) is 0 Å². The summed E-state index contributed by atoms with van der Waals surface area (Å²) < 4.78 is 1.94. The van der Waals surface area contributed by atoms with Crippen LogP contribution in [0, 0.1) is 0 Å². The third-order valence-corrected chi connectivity index (χ3v) is 3.30. The Bertz CT molecular complexity index is 347. The first-order valence-electron chi connectivity index (χ1n) is 5.86. The zero-order chi connectivity index (χ0) is 12.9. The van der Waals surface area contributed by atoms with Gasteiger partial charge in [0.15, 0.2) is 11.0 Å². The van der Waals surface area contributed by atoms with E-state index in [2.05, 4.69) is 17.1 Å². The van der Waals surface area contributed by atoms with Crippen LogP contribution in [-0.4, -0.2) is 36.3 Å². The molecule has 0 saturated carbocycles. The number of hydrogen-bond acceptors (Lipinski definition) is 5. The van der Waals surface area contributed by atoms with Crippen LogP contribution in [0.3, 0.4) is 0 Å². The molecule has 5 nitrogen and oxygen atoms in total. The first kappa shape index (κ1) is 14.5. The molecule has 1 heterocycles. The summed E-state index contributed by atoms with van der Waals surface area (Å²) in [5, 5.41) is 27.6. The maximum atomic E-state index is 9.62. The topological polar surface area (TPSA) is 71.2 Å². The van der Waals surface area contributed by atoms with Crippen molar-refractivity contribution < 1.29 is 10.2 Å². The molecule has 17 heavy (non-hydrogen) atoms. The minimum absolute atomic E-state index is 0.0843. The molecular formula is C11H21N3O2S. The molecule has 2 N–H and O–H groups in total. The quantitative estimate of drug-likeness (QED) is 0.725. The second-order valence-electron chi connectivity index (χ2n) is 4.62. The van der Waals surface area contributed by atoms with Gasteiger partial charge >= 0.3 is 0 Å². The molecule has 0 aliphatic rings. The fourth-order valence-corrected chi connectivity index (χ4v) is 2.62. The molecule has 98 valence electrons. The van der Waals surface area contributed by atoms with Crippen LogP contribution in [0.1, 0.15) is 39.4 Å². The molecule has 1 rings (SSSR count). The summed E-state index contributed by atoms with van der Waals surface area (Å²) in [6.45, 7) is 6.40. The van der Waals surface area contributed by atoms with Crippen LogP contribution in [0.4, 0.5) is 0 Å². The van der Waals surface area contributed by atoms with E-state index < -0.39 is 5.60 Å². The van der Waals surface area contributed by atoms with Crippen molar-refractivity contribution >= 4 is 11.8 Å². The van der Waals surface area contributed by atoms with Gasteiger partial charge in [-0.05, 0) is 26.7 Å². The lowest BCUT2D eigenvalue weighted by Crippen LogP contribution is -2.19. The summed E-state index contributed by atoms with van der Waals surface area (Å²) in [5.74, 6) is 1.40. The Morgan fingerprint density at radius 1 is 1.35 bits per heavy atom. The first-order chi connectivity index (χ1) is 7.98. The number of rotatable bonds is 7. The van der Waals surface area contributed by atoms with E-state index >= 15 is 0 Å². The smallest absolute Gasteiger partial charge is 0.191 e. The molecule has 0 atom stereocenters. The van der Waals surface area contributed by atoms with Gasteiger partial charge in [0.25, 0.3) is 0 Å². The van der Waals surface area contributed by atoms with Crippen molar-refractivity contribution in [3.8, 4) is 0 Å². The summed E-state index contributed by atoms with van der Waals surface area (Å²) in [4.78, 5) is 0. The van der Waals surface area contributed by atoms with Gasteiger partial charge in [-0.2, -0.15) is 0 Å². The van der Waals surface area contributed by atoms with Crippen molar-refractivity contribution in [1.82, 2.24) is 14.8 Å². The normalized spacial score (nSPS) is 12.1. The SMILES string of the molecule is CCCn1c(CO)nnc1SCCC(C)(C)O. The van der Waals surface area contributed by atoms with Gasteiger partial charge in [0.2, 0.25) is 0 Å². The minimum atomic E-state index is -0.650. The maximum absolute atomic E-state index is 9.62. The van der Waals surface area contributed by atoms with Crippen molar-refractivity contribution in [2.75, 3.05) is 5.75 Å². The van der Waals surface area contributed by atoms with Crippen LogP contribution >= 0.6 is 11.8 Å². The molecule has 0 bridgehead atoms. The Labute approximate surface area is 106 Å². The summed E-state index contributed by atoms with van der Waals surface area (Å²) in [5.41, 5.74) is -0.650. The standard InChI is InChI=1S/C11H21N3O2S/c1-4-6-14-9(8-15)12-13-10(14)17-7-5-11(2,3)16/h15-16H,4-8H2,1-3H3. The lowest BCUT2D eigenvalue weighted by Gasteiger charge is -2.16. The number of aromatic nitrogens is 3. The van der Waals surface area contributed by atoms with Crippen molar-refractivity contribution in [2.24, 2.45) is 0 Å². The van der Waals surface area contributed by atoms with Crippen LogP contribution in [0.15, 0.2) is 5.16 Å². The largest absolute Gasteiger partial charge is 0.390 e. The maximum Gasteiger partial charge on any atom is 0.191 e. The van der Waals surface area contributed by atoms with Gasteiger partial charge < -0.3 is 14.8 Å². The molecule has 0 aliphatic carbocycles. The summed E-state index contributed by atoms with van der Waals surface area (Å²) >= 11 is 1.57. The van der Waals surface area contributed by atoms with Crippen molar-refractivity contribution in [1.29, 1.82) is 0 Å². The van der Waals surface area contributed by atoms with Crippen molar-refractivity contribution in [2.45, 2.75) is 57.5 Å². The Morgan fingerprint density at radius 3 is 2.59 bits per heavy atom. The lowest BCUT2D eigenvalue weighted by molar-refractivity contribution is 0.0777. The molecular weight excluding hydrogens is 238 g/mol. The Morgan fingerprint density at radius 2 is 2.06 bits per heavy atom. The van der Waals surface area contributed by atoms with Gasteiger partial charge in [0.05, 0.1) is 5.60 Å². The zero-order valence-electron chi connectivity index (χ0n) is 10.7. The van der Waals surface area contributed by atoms with E-state index in [9.17, 15) is 5.11 Å². The highest BCUT2D eigenvalue weighted by molar-refractivity contribution is 7.99. The van der Waals surface area contributed by atoms with Crippen molar-refractivity contribution in [3.05, 3.63) is 5.82 Å². The van der Waals surface area contributed by atoms with E-state index in [1.54, 1.807) is 25.6 Å². The summed E-state index contributed by atoms with van der Waals surface area (Å²) in [6, 6.07) is 0. The minimum Gasteiger partial charge on any atom is -0.390 e. The Hall–Kier alpha value is -0.590. The summed E-state index contributed by atoms with van der Waals surface area (Å²) in [6.07, 6.45) is 1.68. The molecule has 1 aromatic rings. The highest BCUT2D eigenvalue weighted by atomic mass is 32.2. The fraction of sp³-hybridized carbons (Fsp3) is 0.818. The molecule has 1 aromatic heterocycles. The van der Waals surface area contributed by atoms with Gasteiger partial charge in [0, 0.05) is 12.3 Å². The molecule has 0 saturated heterocycles. The third-order valence-electron chi connectivity index (χ3n) is 2.33. The molecule has 0 spiro atoms. The summed E-state index contributed by atoms with van der Waals surface area (Å²) in [7, 11) is 0. The second kappa shape index (κ2) is 6.37. The van der Waals surface area contributed by atoms with Gasteiger partial charge in [-0.15, -0.1) is 10.2 Å². The first-order valence-corrected chi connectivity index (χ1v) is 6.84. The van der Waals surface area contributed by atoms with Crippen LogP contribution in [0.2, 0.25) is 0 Å². The van der Waals surface area contributed by atoms with E-state index in [0.29, 0.717) is 12.2 Å². The molecule has 0 fully saturated rings. The van der Waals surface area contributed by atoms with E-state index in [1.165, 1.54) is 0 Å². The van der Waals surface area contributed by atoms with E-state index in [0.717, 1.165) is 23.9 Å². The lowest BCUT2D eigenvalue weighted by atomic mass is 10.1. The molecule has 0 unspecified atom stereocenters. The number of hydrogen-bond donors (Lipinski definition) is 2. The van der Waals surface area contributed by atoms with Crippen LogP contribution < -0.4 is 0 Å². The highest BCUT2D eigenvalue weighted by Crippen LogP contribution is 2.21. The highest BCUT2D eigenvalue weighted by Gasteiger charge is 2.15. The average molecular weight is 259 g/mol. The van der Waals surface area contributed by atoms with Gasteiger partial charge in [0.1, 0.15) is 6.61 Å². The number of aliphatic hydroxyl groups excluding tert-OH is 1. The zero-order valence-corrected chi connectivity index (χ0v) is 11.5. The van der Waals surface area contributed by atoms with E-state index in [4.69, 9.17) is 5.11 Å². The number of nitrogens with zero attached hydrogens (tertiary/aromatic N) is 3. The van der Waals surface area contributed by atoms with Crippen LogP contribution in [0.25, 0.3) is 0 Å². The molecule has 0 amide bonds. The molecule has 0 aliphatic heterocycles. The Balaban J connectivity index is 2.61. The molecule has 0 aromatic carbocycles. The van der Waals surface area contributed by atoms with Gasteiger partial charge in [-0.1, -0.05) is 18.7 Å². The fourth-order valence-electron chi connectivity index (χ4n) is 1.38. The number of aliphatic hydroxyl groups is 2. The van der Waals surface area contributed by atoms with Crippen molar-refractivity contribution in [3.63, 3.8) is 0 Å². The molecule has 6 heteroatoms. The molecule has 0 radical (unpaired) electrons. The predicted octanol–water partition coefficient (Wildman–Crippen LogP) is 1.43. The van der Waals surface area contributed by atoms with E-state index in [1.807, 2.05) is 4.57 Å². The third kappa shape index (κ3) is 4.65. The van der Waals surface area contributed by atoms with E-state index in [-0.39, 0.29) is 6.61 Å². The second-order valence-corrected chi connectivity index (χ2v) is 5.68. The van der Waals surface area contributed by atoms with Crippen LogP contribution in [0.5, 0.6) is 0 Å². The Kier molecular flexibility index (Phi) is 5.42. The monoisotopic (exact) mass is 259 g/mol. The predicted molar refractivity (Wildman–Crippen MR) is 67.9 cm³/mol. The number of thioether (sulfide) groups is 1.